The first-order valence-corrected chi connectivity index (χ1v) is 6.01. The second-order valence-corrected chi connectivity index (χ2v) is 5.51. The van der Waals surface area contributed by atoms with Crippen molar-refractivity contribution in [2.24, 2.45) is 12.8 Å². The monoisotopic (exact) mass is 231 g/mol. The van der Waals surface area contributed by atoms with Gasteiger partial charge in [-0.2, -0.15) is 0 Å². The highest BCUT2D eigenvalue weighted by Crippen LogP contribution is 2.26. The highest BCUT2D eigenvalue weighted by molar-refractivity contribution is 5.78. The van der Waals surface area contributed by atoms with E-state index in [0.717, 1.165) is 11.3 Å². The van der Waals surface area contributed by atoms with Gasteiger partial charge in [-0.25, -0.2) is 4.98 Å². The molecule has 3 nitrogen and oxygen atoms in total. The molecule has 2 rings (SSSR count). The van der Waals surface area contributed by atoms with Crippen LogP contribution in [0.2, 0.25) is 0 Å². The van der Waals surface area contributed by atoms with Gasteiger partial charge in [0, 0.05) is 19.0 Å². The largest absolute Gasteiger partial charge is 0.331 e. The van der Waals surface area contributed by atoms with Crippen LogP contribution in [0.3, 0.4) is 0 Å². The van der Waals surface area contributed by atoms with Crippen molar-refractivity contribution in [3.8, 4) is 0 Å². The summed E-state index contributed by atoms with van der Waals surface area (Å²) in [6.45, 7) is 9.12. The third kappa shape index (κ3) is 1.84. The first-order chi connectivity index (χ1) is 7.86. The smallest absolute Gasteiger partial charge is 0.116 e. The molecule has 17 heavy (non-hydrogen) atoms. The van der Waals surface area contributed by atoms with Crippen LogP contribution in [0.5, 0.6) is 0 Å². The van der Waals surface area contributed by atoms with Gasteiger partial charge in [0.2, 0.25) is 0 Å². The molecule has 0 aliphatic carbocycles. The van der Waals surface area contributed by atoms with Crippen LogP contribution in [-0.2, 0) is 12.5 Å². The number of aromatic nitrogens is 2. The molecule has 0 unspecified atom stereocenters. The topological polar surface area (TPSA) is 43.8 Å². The standard InChI is InChI=1S/C14H21N3/c1-9-6-11-12(7-10(9)2)17(5)13(16-11)14(3,4)8-15/h6-7H,8,15H2,1-5H3. The minimum atomic E-state index is -0.0877. The maximum absolute atomic E-state index is 5.84. The molecule has 0 aliphatic heterocycles. The summed E-state index contributed by atoms with van der Waals surface area (Å²) < 4.78 is 2.16. The molecule has 0 aliphatic rings. The predicted molar refractivity (Wildman–Crippen MR) is 72.3 cm³/mol. The molecule has 2 N–H and O–H groups in total. The van der Waals surface area contributed by atoms with Crippen LogP contribution in [0.1, 0.15) is 30.8 Å². The highest BCUT2D eigenvalue weighted by Gasteiger charge is 2.25. The third-order valence-electron chi connectivity index (χ3n) is 3.61. The fourth-order valence-corrected chi connectivity index (χ4v) is 2.14. The molecule has 0 spiro atoms. The summed E-state index contributed by atoms with van der Waals surface area (Å²) in [7, 11) is 2.07. The average Bonchev–Trinajstić information content (AvgIpc) is 2.58. The Bertz CT molecular complexity index is 564. The Hall–Kier alpha value is -1.35. The summed E-state index contributed by atoms with van der Waals surface area (Å²) >= 11 is 0. The van der Waals surface area contributed by atoms with E-state index in [1.165, 1.54) is 16.6 Å². The van der Waals surface area contributed by atoms with Crippen molar-refractivity contribution in [3.63, 3.8) is 0 Å². The van der Waals surface area contributed by atoms with Crippen molar-refractivity contribution in [1.29, 1.82) is 0 Å². The van der Waals surface area contributed by atoms with E-state index in [9.17, 15) is 0 Å². The number of nitrogens with zero attached hydrogens (tertiary/aromatic N) is 2. The van der Waals surface area contributed by atoms with Gasteiger partial charge in [-0.1, -0.05) is 13.8 Å². The Labute approximate surface area is 103 Å². The zero-order chi connectivity index (χ0) is 12.8. The van der Waals surface area contributed by atoms with Gasteiger partial charge >= 0.3 is 0 Å². The molecule has 0 saturated carbocycles. The van der Waals surface area contributed by atoms with E-state index in [4.69, 9.17) is 10.7 Å². The Morgan fingerprint density at radius 1 is 1.24 bits per heavy atom. The van der Waals surface area contributed by atoms with E-state index in [1.54, 1.807) is 0 Å². The first kappa shape index (κ1) is 12.1. The molecular formula is C14H21N3. The van der Waals surface area contributed by atoms with Crippen LogP contribution in [0.25, 0.3) is 11.0 Å². The lowest BCUT2D eigenvalue weighted by atomic mass is 9.93. The molecule has 0 amide bonds. The van der Waals surface area contributed by atoms with Crippen molar-refractivity contribution in [2.75, 3.05) is 6.54 Å². The van der Waals surface area contributed by atoms with Crippen molar-refractivity contribution >= 4 is 11.0 Å². The van der Waals surface area contributed by atoms with E-state index in [1.807, 2.05) is 0 Å². The second kappa shape index (κ2) is 3.84. The average molecular weight is 231 g/mol. The van der Waals surface area contributed by atoms with Gasteiger partial charge in [-0.05, 0) is 37.1 Å². The second-order valence-electron chi connectivity index (χ2n) is 5.51. The maximum Gasteiger partial charge on any atom is 0.116 e. The van der Waals surface area contributed by atoms with Gasteiger partial charge in [0.15, 0.2) is 0 Å². The van der Waals surface area contributed by atoms with Gasteiger partial charge < -0.3 is 10.3 Å². The number of imidazole rings is 1. The number of rotatable bonds is 2. The number of aryl methyl sites for hydroxylation is 3. The molecule has 0 atom stereocenters. The van der Waals surface area contributed by atoms with Crippen LogP contribution in [-0.4, -0.2) is 16.1 Å². The minimum Gasteiger partial charge on any atom is -0.331 e. The van der Waals surface area contributed by atoms with Crippen molar-refractivity contribution in [2.45, 2.75) is 33.1 Å². The van der Waals surface area contributed by atoms with E-state index in [2.05, 4.69) is 51.4 Å². The Kier molecular flexibility index (Phi) is 2.74. The van der Waals surface area contributed by atoms with Crippen LogP contribution < -0.4 is 5.73 Å². The van der Waals surface area contributed by atoms with Crippen molar-refractivity contribution < 1.29 is 0 Å². The zero-order valence-electron chi connectivity index (χ0n) is 11.3. The SMILES string of the molecule is Cc1cc2nc(C(C)(C)CN)n(C)c2cc1C. The highest BCUT2D eigenvalue weighted by atomic mass is 15.1. The van der Waals surface area contributed by atoms with Gasteiger partial charge in [0.05, 0.1) is 11.0 Å². The van der Waals surface area contributed by atoms with E-state index in [-0.39, 0.29) is 5.41 Å². The van der Waals surface area contributed by atoms with Gasteiger partial charge in [0.1, 0.15) is 5.82 Å². The molecule has 0 fully saturated rings. The Morgan fingerprint density at radius 2 is 1.82 bits per heavy atom. The summed E-state index contributed by atoms with van der Waals surface area (Å²) in [5.74, 6) is 1.06. The third-order valence-corrected chi connectivity index (χ3v) is 3.61. The van der Waals surface area contributed by atoms with Crippen molar-refractivity contribution in [1.82, 2.24) is 9.55 Å². The Balaban J connectivity index is 2.73. The van der Waals surface area contributed by atoms with E-state index < -0.39 is 0 Å². The lowest BCUT2D eigenvalue weighted by Gasteiger charge is -2.21. The van der Waals surface area contributed by atoms with Gasteiger partial charge in [-0.15, -0.1) is 0 Å². The lowest BCUT2D eigenvalue weighted by Crippen LogP contribution is -2.31. The summed E-state index contributed by atoms with van der Waals surface area (Å²) in [6.07, 6.45) is 0. The number of fused-ring (bicyclic) bond motifs is 1. The number of hydrogen-bond acceptors (Lipinski definition) is 2. The minimum absolute atomic E-state index is 0.0877. The molecule has 0 bridgehead atoms. The van der Waals surface area contributed by atoms with E-state index in [0.29, 0.717) is 6.54 Å². The molecular weight excluding hydrogens is 210 g/mol. The molecule has 92 valence electrons. The van der Waals surface area contributed by atoms with Crippen molar-refractivity contribution in [3.05, 3.63) is 29.1 Å². The summed E-state index contributed by atoms with van der Waals surface area (Å²) in [5.41, 5.74) is 10.6. The number of benzene rings is 1. The van der Waals surface area contributed by atoms with Crippen LogP contribution in [0.15, 0.2) is 12.1 Å². The molecule has 0 saturated heterocycles. The van der Waals surface area contributed by atoms with Gasteiger partial charge in [0.25, 0.3) is 0 Å². The van der Waals surface area contributed by atoms with Gasteiger partial charge in [-0.3, -0.25) is 0 Å². The number of hydrogen-bond donors (Lipinski definition) is 1. The zero-order valence-corrected chi connectivity index (χ0v) is 11.3. The van der Waals surface area contributed by atoms with E-state index >= 15 is 0 Å². The first-order valence-electron chi connectivity index (χ1n) is 6.01. The van der Waals surface area contributed by atoms with Crippen LogP contribution in [0.4, 0.5) is 0 Å². The lowest BCUT2D eigenvalue weighted by molar-refractivity contribution is 0.487. The Morgan fingerprint density at radius 3 is 2.41 bits per heavy atom. The summed E-state index contributed by atoms with van der Waals surface area (Å²) in [6, 6.07) is 4.36. The molecule has 0 radical (unpaired) electrons. The molecule has 1 aromatic carbocycles. The summed E-state index contributed by atoms with van der Waals surface area (Å²) in [5, 5.41) is 0. The molecule has 2 aromatic rings. The molecule has 1 aromatic heterocycles. The molecule has 1 heterocycles. The predicted octanol–water partition coefficient (Wildman–Crippen LogP) is 2.43. The van der Waals surface area contributed by atoms with Crippen LogP contribution in [0, 0.1) is 13.8 Å². The normalized spacial score (nSPS) is 12.4. The summed E-state index contributed by atoms with van der Waals surface area (Å²) in [4.78, 5) is 4.74. The maximum atomic E-state index is 5.84. The quantitative estimate of drug-likeness (QED) is 0.862. The molecule has 3 heteroatoms. The van der Waals surface area contributed by atoms with Crippen LogP contribution >= 0.6 is 0 Å². The fourth-order valence-electron chi connectivity index (χ4n) is 2.14. The fraction of sp³-hybridized carbons (Fsp3) is 0.500. The number of nitrogens with two attached hydrogens (primary N) is 1.